The summed E-state index contributed by atoms with van der Waals surface area (Å²) >= 11 is 10.1. The summed E-state index contributed by atoms with van der Waals surface area (Å²) < 4.78 is 54.5. The molecule has 0 saturated heterocycles. The molecule has 0 unspecified atom stereocenters. The Balaban J connectivity index is 1.86. The van der Waals surface area contributed by atoms with Crippen LogP contribution in [0.3, 0.4) is 0 Å². The van der Waals surface area contributed by atoms with Crippen LogP contribution in [0.15, 0.2) is 64.4 Å². The molecule has 1 radical (unpaired) electrons. The van der Waals surface area contributed by atoms with Gasteiger partial charge in [-0.15, -0.1) is 0 Å². The van der Waals surface area contributed by atoms with E-state index in [1.165, 1.54) is 12.1 Å². The molecule has 1 amide bonds. The van der Waals surface area contributed by atoms with Crippen molar-refractivity contribution in [3.63, 3.8) is 0 Å². The van der Waals surface area contributed by atoms with Crippen molar-refractivity contribution >= 4 is 72.1 Å². The number of halogens is 1. The third kappa shape index (κ3) is 8.48. The van der Waals surface area contributed by atoms with Gasteiger partial charge < -0.3 is 5.11 Å². The molecule has 0 spiro atoms. The van der Waals surface area contributed by atoms with Gasteiger partial charge in [-0.2, -0.15) is 0 Å². The fourth-order valence-electron chi connectivity index (χ4n) is 4.19. The monoisotopic (exact) mass is 740 g/mol. The molecule has 3 N–H and O–H groups in total. The molecule has 0 heterocycles. The van der Waals surface area contributed by atoms with Gasteiger partial charge in [0.25, 0.3) is 0 Å². The number of aromatic hydroxyl groups is 1. The SMILES string of the molecule is CC(C)(C)c1cc(CC(=S)[As]S(=O)(=O)c2cc(C(=O)NS(=O)(=O)c3ccc(C(=O)O)cc3)ccc2Cl)cc(C(C)(C)C)c1O. The van der Waals surface area contributed by atoms with Crippen molar-refractivity contribution in [2.45, 2.75) is 68.6 Å². The summed E-state index contributed by atoms with van der Waals surface area (Å²) in [5, 5.41) is 19.9. The van der Waals surface area contributed by atoms with Crippen LogP contribution >= 0.6 is 23.8 Å². The summed E-state index contributed by atoms with van der Waals surface area (Å²) in [6, 6.07) is 11.3. The number of benzene rings is 3. The summed E-state index contributed by atoms with van der Waals surface area (Å²) in [6.45, 7) is 11.8. The zero-order valence-electron chi connectivity index (χ0n) is 24.8. The van der Waals surface area contributed by atoms with Crippen LogP contribution in [0.1, 0.15) is 78.9 Å². The zero-order valence-corrected chi connectivity index (χ0v) is 29.9. The Bertz CT molecular complexity index is 1820. The predicted octanol–water partition coefficient (Wildman–Crippen LogP) is 5.42. The Morgan fingerprint density at radius 3 is 1.84 bits per heavy atom. The van der Waals surface area contributed by atoms with E-state index in [0.29, 0.717) is 0 Å². The summed E-state index contributed by atoms with van der Waals surface area (Å²) in [5.41, 5.74) is 1.02. The van der Waals surface area contributed by atoms with Gasteiger partial charge in [0.15, 0.2) is 0 Å². The molecule has 3 aromatic rings. The molecule has 0 fully saturated rings. The first kappa shape index (κ1) is 35.7. The van der Waals surface area contributed by atoms with Crippen molar-refractivity contribution in [2.24, 2.45) is 0 Å². The third-order valence-corrected chi connectivity index (χ3v) is 15.3. The first-order valence-corrected chi connectivity index (χ1v) is 20.1. The molecule has 0 atom stereocenters. The second-order valence-corrected chi connectivity index (χ2v) is 22.2. The average molecular weight is 741 g/mol. The topological polar surface area (TPSA) is 155 Å². The van der Waals surface area contributed by atoms with Gasteiger partial charge in [0, 0.05) is 0 Å². The van der Waals surface area contributed by atoms with Crippen molar-refractivity contribution in [3.8, 4) is 5.75 Å². The van der Waals surface area contributed by atoms with E-state index in [1.807, 2.05) is 58.4 Å². The summed E-state index contributed by atoms with van der Waals surface area (Å²) in [4.78, 5) is 23.2. The minimum absolute atomic E-state index is 0.141. The number of hydrogen-bond acceptors (Lipinski definition) is 8. The second kappa shape index (κ2) is 12.9. The third-order valence-electron chi connectivity index (χ3n) is 6.47. The van der Waals surface area contributed by atoms with Crippen LogP contribution in [0, 0.1) is 0 Å². The first-order chi connectivity index (χ1) is 20.0. The molecule has 235 valence electrons. The molecule has 9 nitrogen and oxygen atoms in total. The zero-order chi connectivity index (χ0) is 33.4. The maximum atomic E-state index is 13.5. The fraction of sp³-hybridized carbons (Fsp3) is 0.300. The molecule has 44 heavy (non-hydrogen) atoms. The number of carbonyl (C=O) groups is 2. The van der Waals surface area contributed by atoms with Crippen LogP contribution in [0.2, 0.25) is 5.02 Å². The fourth-order valence-corrected chi connectivity index (χ4v) is 12.7. The van der Waals surface area contributed by atoms with Gasteiger partial charge in [0.1, 0.15) is 0 Å². The molecule has 0 aliphatic carbocycles. The van der Waals surface area contributed by atoms with E-state index in [4.69, 9.17) is 28.9 Å². The second-order valence-electron chi connectivity index (χ2n) is 12.1. The number of thiocarbonyl (C=S) groups is 1. The van der Waals surface area contributed by atoms with Gasteiger partial charge in [-0.1, -0.05) is 0 Å². The van der Waals surface area contributed by atoms with E-state index in [9.17, 15) is 31.5 Å². The van der Waals surface area contributed by atoms with Crippen LogP contribution < -0.4 is 4.72 Å². The number of carboxylic acids is 1. The van der Waals surface area contributed by atoms with Crippen LogP contribution in [-0.4, -0.2) is 57.2 Å². The number of amides is 1. The number of carbonyl (C=O) groups excluding carboxylic acids is 1. The quantitative estimate of drug-likeness (QED) is 0.193. The molecule has 3 aromatic carbocycles. The van der Waals surface area contributed by atoms with Crippen molar-refractivity contribution < 1.29 is 36.6 Å². The van der Waals surface area contributed by atoms with Crippen LogP contribution in [0.4, 0.5) is 0 Å². The van der Waals surface area contributed by atoms with Gasteiger partial charge in [-0.3, -0.25) is 0 Å². The van der Waals surface area contributed by atoms with Gasteiger partial charge in [0.05, 0.1) is 0 Å². The number of aromatic carboxylic acids is 1. The number of carboxylic acid groups (broad SMARTS) is 1. The Labute approximate surface area is 273 Å². The van der Waals surface area contributed by atoms with Crippen molar-refractivity contribution in [2.75, 3.05) is 0 Å². The molecular weight excluding hydrogens is 709 g/mol. The number of sulfonamides is 1. The molecule has 0 saturated carbocycles. The summed E-state index contributed by atoms with van der Waals surface area (Å²) in [7, 11) is -8.48. The van der Waals surface area contributed by atoms with Gasteiger partial charge in [-0.05, 0) is 0 Å². The maximum absolute atomic E-state index is 13.5. The Morgan fingerprint density at radius 2 is 1.36 bits per heavy atom. The Morgan fingerprint density at radius 1 is 0.864 bits per heavy atom. The van der Waals surface area contributed by atoms with Crippen molar-refractivity contribution in [1.82, 2.24) is 4.72 Å². The minimum atomic E-state index is -4.40. The molecule has 0 aliphatic rings. The standard InChI is InChI=1S/C30H32AsClNO8S3/c1-29(2,3)21-13-17(14-22(26(21)34)30(4,5)6)15-25(42)31-43(38,39)24-16-19(9-12-23(24)32)27(35)33-44(40,41)20-10-7-18(8-11-20)28(36)37/h7-14,16,34H,15H2,1-6H3,(H,33,35)(H,36,37). The van der Waals surface area contributed by atoms with E-state index in [1.54, 1.807) is 0 Å². The average Bonchev–Trinajstić information content (AvgIpc) is 2.87. The molecule has 0 bridgehead atoms. The van der Waals surface area contributed by atoms with E-state index < -0.39 is 44.6 Å². The van der Waals surface area contributed by atoms with Gasteiger partial charge in [0.2, 0.25) is 0 Å². The molecular formula is C30H32AsClNO8S3. The number of hydrogen-bond donors (Lipinski definition) is 3. The molecule has 0 aromatic heterocycles. The van der Waals surface area contributed by atoms with Crippen molar-refractivity contribution in [1.29, 1.82) is 0 Å². The van der Waals surface area contributed by atoms with E-state index in [0.717, 1.165) is 47.0 Å². The number of rotatable bonds is 9. The van der Waals surface area contributed by atoms with Crippen LogP contribution in [-0.2, 0) is 35.4 Å². The molecule has 3 rings (SSSR count). The van der Waals surface area contributed by atoms with E-state index in [-0.39, 0.29) is 52.6 Å². The van der Waals surface area contributed by atoms with Crippen LogP contribution in [0.25, 0.3) is 0 Å². The Hall–Kier alpha value is -2.76. The summed E-state index contributed by atoms with van der Waals surface area (Å²) in [6.07, 6.45) is 0.164. The van der Waals surface area contributed by atoms with Crippen LogP contribution in [0.5, 0.6) is 5.75 Å². The van der Waals surface area contributed by atoms with E-state index >= 15 is 0 Å². The number of phenolic OH excluding ortho intramolecular Hbond substituents is 1. The van der Waals surface area contributed by atoms with Gasteiger partial charge in [-0.25, -0.2) is 4.79 Å². The molecule has 0 aliphatic heterocycles. The first-order valence-electron chi connectivity index (χ1n) is 13.1. The molecule has 14 heteroatoms. The normalized spacial score (nSPS) is 12.8. The van der Waals surface area contributed by atoms with Gasteiger partial charge >= 0.3 is 265 Å². The predicted molar refractivity (Wildman–Crippen MR) is 174 cm³/mol. The summed E-state index contributed by atoms with van der Waals surface area (Å²) in [5.74, 6) is -2.16. The van der Waals surface area contributed by atoms with Crippen molar-refractivity contribution in [3.05, 3.63) is 87.4 Å². The number of phenols is 1. The number of nitrogens with one attached hydrogen (secondary N) is 1. The Kier molecular flexibility index (Phi) is 10.5. The van der Waals surface area contributed by atoms with E-state index in [2.05, 4.69) is 0 Å².